The normalized spacial score (nSPS) is 14.9. The van der Waals surface area contributed by atoms with Crippen LogP contribution in [0.5, 0.6) is 0 Å². The summed E-state index contributed by atoms with van der Waals surface area (Å²) in [6.45, 7) is 4.09. The van der Waals surface area contributed by atoms with E-state index in [-0.39, 0.29) is 6.61 Å². The highest BCUT2D eigenvalue weighted by Gasteiger charge is 2.32. The average Bonchev–Trinajstić information content (AvgIpc) is 2.13. The summed E-state index contributed by atoms with van der Waals surface area (Å²) in [5.41, 5.74) is 0. The third kappa shape index (κ3) is 5.50. The molecular formula is C10H20O3S. The van der Waals surface area contributed by atoms with Crippen LogP contribution in [-0.4, -0.2) is 22.6 Å². The SMILES string of the molecule is CCCCCCC(O)(S)C(=O)OCC. The Bertz CT molecular complexity index is 169. The summed E-state index contributed by atoms with van der Waals surface area (Å²) in [4.78, 5) is 9.57. The second-order valence-electron chi connectivity index (χ2n) is 3.35. The van der Waals surface area contributed by atoms with Gasteiger partial charge in [-0.2, -0.15) is 0 Å². The maximum Gasteiger partial charge on any atom is 0.348 e. The van der Waals surface area contributed by atoms with E-state index in [4.69, 9.17) is 4.74 Å². The molecule has 1 N–H and O–H groups in total. The number of hydrogen-bond donors (Lipinski definition) is 2. The van der Waals surface area contributed by atoms with Gasteiger partial charge < -0.3 is 9.84 Å². The second-order valence-corrected chi connectivity index (χ2v) is 4.09. The van der Waals surface area contributed by atoms with Crippen molar-refractivity contribution in [3.63, 3.8) is 0 Å². The highest BCUT2D eigenvalue weighted by Crippen LogP contribution is 2.21. The van der Waals surface area contributed by atoms with Crippen molar-refractivity contribution >= 4 is 18.6 Å². The van der Waals surface area contributed by atoms with E-state index in [0.29, 0.717) is 6.42 Å². The van der Waals surface area contributed by atoms with Crippen molar-refractivity contribution in [2.24, 2.45) is 0 Å². The van der Waals surface area contributed by atoms with Crippen LogP contribution >= 0.6 is 12.6 Å². The van der Waals surface area contributed by atoms with Crippen molar-refractivity contribution < 1.29 is 14.6 Å². The molecule has 0 amide bonds. The molecule has 1 unspecified atom stereocenters. The smallest absolute Gasteiger partial charge is 0.348 e. The number of ether oxygens (including phenoxy) is 1. The first kappa shape index (κ1) is 13.8. The lowest BCUT2D eigenvalue weighted by Crippen LogP contribution is -2.34. The number of carbonyl (C=O) groups is 1. The summed E-state index contributed by atoms with van der Waals surface area (Å²) in [6, 6.07) is 0. The molecule has 0 bridgehead atoms. The predicted molar refractivity (Wildman–Crippen MR) is 59.3 cm³/mol. The maximum atomic E-state index is 11.2. The van der Waals surface area contributed by atoms with Gasteiger partial charge >= 0.3 is 5.97 Å². The Hall–Kier alpha value is -0.220. The van der Waals surface area contributed by atoms with Gasteiger partial charge in [0.15, 0.2) is 0 Å². The van der Waals surface area contributed by atoms with E-state index in [9.17, 15) is 9.90 Å². The summed E-state index contributed by atoms with van der Waals surface area (Å²) >= 11 is 3.90. The standard InChI is InChI=1S/C10H20O3S/c1-3-5-6-7-8-10(12,14)9(11)13-4-2/h12,14H,3-8H2,1-2H3. The number of aliphatic hydroxyl groups is 1. The molecule has 0 aliphatic rings. The summed E-state index contributed by atoms with van der Waals surface area (Å²) in [7, 11) is 0. The minimum atomic E-state index is -1.61. The van der Waals surface area contributed by atoms with Crippen LogP contribution in [0, 0.1) is 0 Å². The van der Waals surface area contributed by atoms with Gasteiger partial charge in [-0.15, -0.1) is 12.6 Å². The molecule has 1 atom stereocenters. The van der Waals surface area contributed by atoms with E-state index in [0.717, 1.165) is 25.7 Å². The molecule has 3 nitrogen and oxygen atoms in total. The highest BCUT2D eigenvalue weighted by molar-refractivity contribution is 7.82. The number of thiol groups is 1. The van der Waals surface area contributed by atoms with Gasteiger partial charge in [-0.1, -0.05) is 26.2 Å². The third-order valence-electron chi connectivity index (χ3n) is 1.98. The van der Waals surface area contributed by atoms with Crippen LogP contribution < -0.4 is 0 Å². The lowest BCUT2D eigenvalue weighted by atomic mass is 10.1. The summed E-state index contributed by atoms with van der Waals surface area (Å²) < 4.78 is 4.70. The zero-order valence-electron chi connectivity index (χ0n) is 8.95. The van der Waals surface area contributed by atoms with Crippen molar-refractivity contribution in [3.8, 4) is 0 Å². The largest absolute Gasteiger partial charge is 0.463 e. The van der Waals surface area contributed by atoms with Gasteiger partial charge in [0.05, 0.1) is 6.61 Å². The van der Waals surface area contributed by atoms with Crippen LogP contribution in [0.3, 0.4) is 0 Å². The topological polar surface area (TPSA) is 46.5 Å². The number of esters is 1. The molecule has 0 radical (unpaired) electrons. The second kappa shape index (κ2) is 7.12. The number of unbranched alkanes of at least 4 members (excludes halogenated alkanes) is 3. The molecule has 14 heavy (non-hydrogen) atoms. The molecule has 0 saturated heterocycles. The molecule has 0 aliphatic carbocycles. The third-order valence-corrected chi connectivity index (χ3v) is 2.39. The highest BCUT2D eigenvalue weighted by atomic mass is 32.1. The number of hydrogen-bond acceptors (Lipinski definition) is 4. The fraction of sp³-hybridized carbons (Fsp3) is 0.900. The first-order valence-corrected chi connectivity index (χ1v) is 5.61. The van der Waals surface area contributed by atoms with Gasteiger partial charge in [0, 0.05) is 0 Å². The molecule has 0 saturated carbocycles. The lowest BCUT2D eigenvalue weighted by molar-refractivity contribution is -0.156. The predicted octanol–water partition coefficient (Wildman–Crippen LogP) is 2.14. The van der Waals surface area contributed by atoms with Crippen LogP contribution in [0.25, 0.3) is 0 Å². The van der Waals surface area contributed by atoms with Crippen molar-refractivity contribution in [2.75, 3.05) is 6.61 Å². The molecule has 0 fully saturated rings. The first-order valence-electron chi connectivity index (χ1n) is 5.16. The summed E-state index contributed by atoms with van der Waals surface area (Å²) in [5, 5.41) is 9.60. The van der Waals surface area contributed by atoms with Crippen LogP contribution in [0.1, 0.15) is 46.0 Å². The van der Waals surface area contributed by atoms with Crippen LogP contribution in [0.2, 0.25) is 0 Å². The van der Waals surface area contributed by atoms with E-state index < -0.39 is 10.9 Å². The number of rotatable bonds is 7. The molecule has 0 aromatic rings. The average molecular weight is 220 g/mol. The zero-order chi connectivity index (χ0) is 11.0. The van der Waals surface area contributed by atoms with E-state index in [2.05, 4.69) is 19.6 Å². The fourth-order valence-corrected chi connectivity index (χ4v) is 1.37. The van der Waals surface area contributed by atoms with E-state index in [1.54, 1.807) is 6.92 Å². The summed E-state index contributed by atoms with van der Waals surface area (Å²) in [6.07, 6.45) is 4.41. The van der Waals surface area contributed by atoms with Crippen LogP contribution in [0.15, 0.2) is 0 Å². The fourth-order valence-electron chi connectivity index (χ4n) is 1.15. The molecule has 4 heteroatoms. The summed E-state index contributed by atoms with van der Waals surface area (Å²) in [5.74, 6) is -0.639. The van der Waals surface area contributed by atoms with Gasteiger partial charge in [-0.3, -0.25) is 0 Å². The molecule has 84 valence electrons. The molecular weight excluding hydrogens is 200 g/mol. The monoisotopic (exact) mass is 220 g/mol. The van der Waals surface area contributed by atoms with Gasteiger partial charge in [-0.25, -0.2) is 4.79 Å². The Morgan fingerprint density at radius 1 is 1.36 bits per heavy atom. The number of carbonyl (C=O) groups excluding carboxylic acids is 1. The van der Waals surface area contributed by atoms with Crippen molar-refractivity contribution in [3.05, 3.63) is 0 Å². The van der Waals surface area contributed by atoms with Crippen molar-refractivity contribution in [1.29, 1.82) is 0 Å². The molecule has 0 spiro atoms. The molecule has 0 aromatic heterocycles. The zero-order valence-corrected chi connectivity index (χ0v) is 9.85. The van der Waals surface area contributed by atoms with Crippen molar-refractivity contribution in [2.45, 2.75) is 50.9 Å². The Morgan fingerprint density at radius 3 is 2.50 bits per heavy atom. The van der Waals surface area contributed by atoms with E-state index in [1.165, 1.54) is 0 Å². The van der Waals surface area contributed by atoms with Gasteiger partial charge in [0.1, 0.15) is 0 Å². The molecule has 0 rings (SSSR count). The molecule has 0 heterocycles. The van der Waals surface area contributed by atoms with E-state index in [1.807, 2.05) is 0 Å². The van der Waals surface area contributed by atoms with Gasteiger partial charge in [-0.05, 0) is 19.8 Å². The first-order chi connectivity index (χ1) is 6.54. The Morgan fingerprint density at radius 2 is 2.00 bits per heavy atom. The maximum absolute atomic E-state index is 11.2. The lowest BCUT2D eigenvalue weighted by Gasteiger charge is -2.19. The molecule has 0 aromatic carbocycles. The van der Waals surface area contributed by atoms with Crippen molar-refractivity contribution in [1.82, 2.24) is 0 Å². The Kier molecular flexibility index (Phi) is 7.01. The van der Waals surface area contributed by atoms with Crippen LogP contribution in [0.4, 0.5) is 0 Å². The van der Waals surface area contributed by atoms with Gasteiger partial charge in [0.25, 0.3) is 0 Å². The van der Waals surface area contributed by atoms with Crippen LogP contribution in [-0.2, 0) is 9.53 Å². The Labute approximate surface area is 91.2 Å². The van der Waals surface area contributed by atoms with E-state index >= 15 is 0 Å². The molecule has 0 aliphatic heterocycles. The quantitative estimate of drug-likeness (QED) is 0.299. The Balaban J connectivity index is 3.76. The minimum Gasteiger partial charge on any atom is -0.463 e. The van der Waals surface area contributed by atoms with Gasteiger partial charge in [0.2, 0.25) is 4.93 Å². The minimum absolute atomic E-state index is 0.274.